The molecule has 1 fully saturated rings. The molecular formula is C12H17N3O4S. The van der Waals surface area contributed by atoms with Gasteiger partial charge in [-0.1, -0.05) is 13.3 Å². The summed E-state index contributed by atoms with van der Waals surface area (Å²) < 4.78 is 27.2. The van der Waals surface area contributed by atoms with Gasteiger partial charge in [0, 0.05) is 17.8 Å². The molecule has 20 heavy (non-hydrogen) atoms. The predicted octanol–water partition coefficient (Wildman–Crippen LogP) is 1.64. The molecule has 1 aliphatic carbocycles. The molecule has 2 unspecified atom stereocenters. The number of hydrogen-bond acceptors (Lipinski definition) is 5. The summed E-state index contributed by atoms with van der Waals surface area (Å²) in [5.41, 5.74) is 5.13. The van der Waals surface area contributed by atoms with Gasteiger partial charge in [-0.25, -0.2) is 13.1 Å². The average Bonchev–Trinajstić information content (AvgIpc) is 2.74. The van der Waals surface area contributed by atoms with Crippen LogP contribution >= 0.6 is 0 Å². The lowest BCUT2D eigenvalue weighted by Gasteiger charge is -2.17. The third kappa shape index (κ3) is 2.91. The number of nitrogens with two attached hydrogens (primary N) is 1. The fraction of sp³-hybridized carbons (Fsp3) is 0.500. The first-order valence-corrected chi connectivity index (χ1v) is 7.86. The molecule has 1 aromatic rings. The molecule has 8 heteroatoms. The number of hydrogen-bond donors (Lipinski definition) is 2. The molecule has 110 valence electrons. The molecule has 0 spiro atoms. The smallest absolute Gasteiger partial charge is 0.291 e. The molecular weight excluding hydrogens is 282 g/mol. The summed E-state index contributed by atoms with van der Waals surface area (Å²) in [6.45, 7) is 1.97. The Balaban J connectivity index is 2.36. The van der Waals surface area contributed by atoms with Gasteiger partial charge < -0.3 is 5.73 Å². The second-order valence-corrected chi connectivity index (χ2v) is 6.80. The van der Waals surface area contributed by atoms with Gasteiger partial charge in [-0.2, -0.15) is 0 Å². The molecule has 0 aliphatic heterocycles. The molecule has 1 aliphatic rings. The maximum Gasteiger partial charge on any atom is 0.291 e. The summed E-state index contributed by atoms with van der Waals surface area (Å²) in [5.74, 6) is 0.234. The lowest BCUT2D eigenvalue weighted by atomic mass is 10.1. The van der Waals surface area contributed by atoms with Crippen LogP contribution in [0.5, 0.6) is 0 Å². The first-order valence-electron chi connectivity index (χ1n) is 6.37. The summed E-state index contributed by atoms with van der Waals surface area (Å²) >= 11 is 0. The van der Waals surface area contributed by atoms with Crippen molar-refractivity contribution in [2.45, 2.75) is 37.1 Å². The largest absolute Gasteiger partial charge is 0.399 e. The minimum absolute atomic E-state index is 0.157. The van der Waals surface area contributed by atoms with Crippen molar-refractivity contribution in [1.82, 2.24) is 4.72 Å². The third-order valence-electron chi connectivity index (χ3n) is 3.64. The first-order chi connectivity index (χ1) is 9.31. The number of nitrogens with zero attached hydrogens (tertiary/aromatic N) is 1. The molecule has 0 aromatic heterocycles. The van der Waals surface area contributed by atoms with Crippen molar-refractivity contribution in [3.63, 3.8) is 0 Å². The standard InChI is InChI=1S/C12H17N3O4S/c1-8-3-2-4-10(8)14-20(18,19)12-6-5-9(13)7-11(12)15(16)17/h5-8,10,14H,2-4,13H2,1H3. The van der Waals surface area contributed by atoms with Crippen molar-refractivity contribution in [2.75, 3.05) is 5.73 Å². The van der Waals surface area contributed by atoms with E-state index < -0.39 is 20.6 Å². The lowest BCUT2D eigenvalue weighted by molar-refractivity contribution is -0.387. The quantitative estimate of drug-likeness (QED) is 0.498. The van der Waals surface area contributed by atoms with Crippen LogP contribution in [0.4, 0.5) is 11.4 Å². The van der Waals surface area contributed by atoms with Gasteiger partial charge in [0.2, 0.25) is 10.0 Å². The van der Waals surface area contributed by atoms with Crippen molar-refractivity contribution in [1.29, 1.82) is 0 Å². The van der Waals surface area contributed by atoms with Gasteiger partial charge in [0.15, 0.2) is 4.90 Å². The van der Waals surface area contributed by atoms with E-state index in [2.05, 4.69) is 4.72 Å². The van der Waals surface area contributed by atoms with Crippen molar-refractivity contribution >= 4 is 21.4 Å². The number of nitrogen functional groups attached to an aromatic ring is 1. The van der Waals surface area contributed by atoms with Crippen molar-refractivity contribution < 1.29 is 13.3 Å². The van der Waals surface area contributed by atoms with Gasteiger partial charge in [-0.15, -0.1) is 0 Å². The van der Waals surface area contributed by atoms with Gasteiger partial charge >= 0.3 is 0 Å². The van der Waals surface area contributed by atoms with Crippen LogP contribution in [-0.4, -0.2) is 19.4 Å². The van der Waals surface area contributed by atoms with Crippen LogP contribution in [0.25, 0.3) is 0 Å². The minimum Gasteiger partial charge on any atom is -0.399 e. The van der Waals surface area contributed by atoms with E-state index in [1.807, 2.05) is 6.92 Å². The molecule has 3 N–H and O–H groups in total. The van der Waals surface area contributed by atoms with Crippen LogP contribution in [0, 0.1) is 16.0 Å². The topological polar surface area (TPSA) is 115 Å². The second kappa shape index (κ2) is 5.37. The molecule has 7 nitrogen and oxygen atoms in total. The zero-order valence-corrected chi connectivity index (χ0v) is 11.9. The van der Waals surface area contributed by atoms with Gasteiger partial charge in [-0.3, -0.25) is 10.1 Å². The van der Waals surface area contributed by atoms with Crippen LogP contribution in [0.15, 0.2) is 23.1 Å². The van der Waals surface area contributed by atoms with Crippen molar-refractivity contribution in [2.24, 2.45) is 5.92 Å². The highest BCUT2D eigenvalue weighted by Gasteiger charge is 2.32. The summed E-state index contributed by atoms with van der Waals surface area (Å²) in [6.07, 6.45) is 2.67. The molecule has 0 radical (unpaired) electrons. The SMILES string of the molecule is CC1CCCC1NS(=O)(=O)c1ccc(N)cc1[N+](=O)[O-]. The van der Waals surface area contributed by atoms with E-state index >= 15 is 0 Å². The Bertz CT molecular complexity index is 630. The number of nitrogens with one attached hydrogen (secondary N) is 1. The van der Waals surface area contributed by atoms with E-state index in [1.165, 1.54) is 12.1 Å². The zero-order chi connectivity index (χ0) is 14.9. The summed E-state index contributed by atoms with van der Waals surface area (Å²) in [4.78, 5) is 9.91. The number of nitro groups is 1. The normalized spacial score (nSPS) is 22.9. The second-order valence-electron chi connectivity index (χ2n) is 5.12. The number of benzene rings is 1. The molecule has 0 amide bonds. The monoisotopic (exact) mass is 299 g/mol. The zero-order valence-electron chi connectivity index (χ0n) is 11.1. The molecule has 0 heterocycles. The van der Waals surface area contributed by atoms with Gasteiger partial charge in [0.25, 0.3) is 5.69 Å². The summed E-state index contributed by atoms with van der Waals surface area (Å²) in [6, 6.07) is 3.42. The van der Waals surface area contributed by atoms with E-state index in [-0.39, 0.29) is 22.5 Å². The maximum atomic E-state index is 12.3. The average molecular weight is 299 g/mol. The third-order valence-corrected chi connectivity index (χ3v) is 5.17. The van der Waals surface area contributed by atoms with Gasteiger partial charge in [0.05, 0.1) is 4.92 Å². The fourth-order valence-electron chi connectivity index (χ4n) is 2.49. The summed E-state index contributed by atoms with van der Waals surface area (Å²) in [5, 5.41) is 11.0. The van der Waals surface area contributed by atoms with Crippen molar-refractivity contribution in [3.8, 4) is 0 Å². The fourth-order valence-corrected chi connectivity index (χ4v) is 4.02. The van der Waals surface area contributed by atoms with Crippen LogP contribution in [-0.2, 0) is 10.0 Å². The maximum absolute atomic E-state index is 12.3. The predicted molar refractivity (Wildman–Crippen MR) is 74.6 cm³/mol. The number of anilines is 1. The van der Waals surface area contributed by atoms with E-state index in [0.717, 1.165) is 25.3 Å². The Morgan fingerprint density at radius 1 is 1.40 bits per heavy atom. The highest BCUT2D eigenvalue weighted by Crippen LogP contribution is 2.29. The molecule has 2 atom stereocenters. The number of rotatable bonds is 4. The minimum atomic E-state index is -3.92. The van der Waals surface area contributed by atoms with E-state index in [9.17, 15) is 18.5 Å². The van der Waals surface area contributed by atoms with Crippen molar-refractivity contribution in [3.05, 3.63) is 28.3 Å². The van der Waals surface area contributed by atoms with Crippen LogP contribution in [0.2, 0.25) is 0 Å². The molecule has 1 aromatic carbocycles. The highest BCUT2D eigenvalue weighted by molar-refractivity contribution is 7.89. The Morgan fingerprint density at radius 3 is 2.65 bits per heavy atom. The van der Waals surface area contributed by atoms with E-state index in [1.54, 1.807) is 0 Å². The number of nitro benzene ring substituents is 1. The Labute approximate surface area is 117 Å². The summed E-state index contributed by atoms with van der Waals surface area (Å²) in [7, 11) is -3.92. The van der Waals surface area contributed by atoms with E-state index in [0.29, 0.717) is 0 Å². The van der Waals surface area contributed by atoms with Crippen LogP contribution in [0.1, 0.15) is 26.2 Å². The Kier molecular flexibility index (Phi) is 3.96. The molecule has 1 saturated carbocycles. The lowest BCUT2D eigenvalue weighted by Crippen LogP contribution is -2.36. The number of sulfonamides is 1. The van der Waals surface area contributed by atoms with Gasteiger partial charge in [-0.05, 0) is 30.9 Å². The molecule has 0 saturated heterocycles. The first kappa shape index (κ1) is 14.7. The highest BCUT2D eigenvalue weighted by atomic mass is 32.2. The molecule has 0 bridgehead atoms. The van der Waals surface area contributed by atoms with E-state index in [4.69, 9.17) is 5.73 Å². The van der Waals surface area contributed by atoms with Crippen LogP contribution < -0.4 is 10.5 Å². The Hall–Kier alpha value is -1.67. The Morgan fingerprint density at radius 2 is 2.10 bits per heavy atom. The van der Waals surface area contributed by atoms with Gasteiger partial charge in [0.1, 0.15) is 0 Å². The molecule has 2 rings (SSSR count). The van der Waals surface area contributed by atoms with Crippen LogP contribution in [0.3, 0.4) is 0 Å².